The zero-order chi connectivity index (χ0) is 14.5. The predicted molar refractivity (Wildman–Crippen MR) is 79.3 cm³/mol. The highest BCUT2D eigenvalue weighted by Gasteiger charge is 2.17. The molecule has 1 N–H and O–H groups in total. The van der Waals surface area contributed by atoms with Crippen molar-refractivity contribution in [2.24, 2.45) is 0 Å². The minimum Gasteiger partial charge on any atom is -0.469 e. The van der Waals surface area contributed by atoms with E-state index in [9.17, 15) is 4.39 Å². The Morgan fingerprint density at radius 3 is 2.70 bits per heavy atom. The van der Waals surface area contributed by atoms with Gasteiger partial charge in [0.2, 0.25) is 0 Å². The molecule has 0 saturated heterocycles. The Balaban J connectivity index is 2.25. The van der Waals surface area contributed by atoms with Crippen LogP contribution < -0.4 is 5.32 Å². The lowest BCUT2D eigenvalue weighted by Gasteiger charge is -2.19. The second-order valence-corrected chi connectivity index (χ2v) is 5.04. The van der Waals surface area contributed by atoms with Crippen LogP contribution in [0.15, 0.2) is 34.9 Å². The SMILES string of the molecule is CCNC(Cc1ccc(F)cc1C)c1ccoc1CC. The number of halogens is 1. The van der Waals surface area contributed by atoms with Gasteiger partial charge in [0.1, 0.15) is 11.6 Å². The molecule has 2 nitrogen and oxygen atoms in total. The fourth-order valence-corrected chi connectivity index (χ4v) is 2.60. The highest BCUT2D eigenvalue weighted by molar-refractivity contribution is 5.30. The molecule has 1 heterocycles. The summed E-state index contributed by atoms with van der Waals surface area (Å²) in [7, 11) is 0. The topological polar surface area (TPSA) is 25.2 Å². The van der Waals surface area contributed by atoms with E-state index in [0.717, 1.165) is 30.7 Å². The number of hydrogen-bond donors (Lipinski definition) is 1. The van der Waals surface area contributed by atoms with Gasteiger partial charge in [-0.05, 0) is 49.2 Å². The van der Waals surface area contributed by atoms with Crippen LogP contribution in [-0.4, -0.2) is 6.54 Å². The average Bonchev–Trinajstić information content (AvgIpc) is 2.89. The van der Waals surface area contributed by atoms with Crippen molar-refractivity contribution >= 4 is 0 Å². The maximum absolute atomic E-state index is 13.2. The van der Waals surface area contributed by atoms with Gasteiger partial charge in [0.15, 0.2) is 0 Å². The van der Waals surface area contributed by atoms with Crippen LogP contribution in [0.2, 0.25) is 0 Å². The molecular weight excluding hydrogens is 253 g/mol. The lowest BCUT2D eigenvalue weighted by atomic mass is 9.95. The molecule has 1 aromatic heterocycles. The third kappa shape index (κ3) is 3.28. The van der Waals surface area contributed by atoms with Crippen LogP contribution in [0.4, 0.5) is 4.39 Å². The van der Waals surface area contributed by atoms with E-state index in [0.29, 0.717) is 0 Å². The quantitative estimate of drug-likeness (QED) is 0.855. The number of rotatable bonds is 6. The van der Waals surface area contributed by atoms with Crippen molar-refractivity contribution in [2.45, 2.75) is 39.7 Å². The third-order valence-electron chi connectivity index (χ3n) is 3.66. The van der Waals surface area contributed by atoms with Crippen LogP contribution in [-0.2, 0) is 12.8 Å². The maximum Gasteiger partial charge on any atom is 0.123 e. The van der Waals surface area contributed by atoms with Gasteiger partial charge in [0.25, 0.3) is 0 Å². The first-order valence-electron chi connectivity index (χ1n) is 7.20. The smallest absolute Gasteiger partial charge is 0.123 e. The lowest BCUT2D eigenvalue weighted by molar-refractivity contribution is 0.487. The summed E-state index contributed by atoms with van der Waals surface area (Å²) in [5.41, 5.74) is 3.37. The minimum absolute atomic E-state index is 0.177. The molecule has 1 atom stereocenters. The second kappa shape index (κ2) is 6.71. The zero-order valence-corrected chi connectivity index (χ0v) is 12.4. The summed E-state index contributed by atoms with van der Waals surface area (Å²) in [6, 6.07) is 7.24. The average molecular weight is 275 g/mol. The highest BCUT2D eigenvalue weighted by Crippen LogP contribution is 2.25. The number of benzene rings is 1. The number of hydrogen-bond acceptors (Lipinski definition) is 2. The Hall–Kier alpha value is -1.61. The van der Waals surface area contributed by atoms with Gasteiger partial charge in [-0.25, -0.2) is 4.39 Å². The van der Waals surface area contributed by atoms with Crippen LogP contribution >= 0.6 is 0 Å². The molecule has 0 fully saturated rings. The standard InChI is InChI=1S/C17H22FNO/c1-4-17-15(8-9-20-17)16(19-5-2)11-13-6-7-14(18)10-12(13)3/h6-10,16,19H,4-5,11H2,1-3H3. The van der Waals surface area contributed by atoms with E-state index in [1.54, 1.807) is 12.3 Å². The molecule has 0 radical (unpaired) electrons. The minimum atomic E-state index is -0.177. The summed E-state index contributed by atoms with van der Waals surface area (Å²) in [6.07, 6.45) is 3.47. The first kappa shape index (κ1) is 14.8. The third-order valence-corrected chi connectivity index (χ3v) is 3.66. The maximum atomic E-state index is 13.2. The normalized spacial score (nSPS) is 12.6. The molecular formula is C17H22FNO. The van der Waals surface area contributed by atoms with Crippen molar-refractivity contribution in [3.05, 3.63) is 58.8 Å². The fourth-order valence-electron chi connectivity index (χ4n) is 2.60. The molecule has 0 spiro atoms. The number of nitrogens with one attached hydrogen (secondary N) is 1. The Morgan fingerprint density at radius 1 is 1.25 bits per heavy atom. The Bertz CT molecular complexity index is 562. The molecule has 108 valence electrons. The van der Waals surface area contributed by atoms with Crippen LogP contribution in [0.5, 0.6) is 0 Å². The van der Waals surface area contributed by atoms with Crippen molar-refractivity contribution in [3.63, 3.8) is 0 Å². The summed E-state index contributed by atoms with van der Waals surface area (Å²) >= 11 is 0. The molecule has 0 amide bonds. The van der Waals surface area contributed by atoms with Crippen LogP contribution in [0.1, 0.15) is 42.3 Å². The molecule has 1 aromatic carbocycles. The van der Waals surface area contributed by atoms with Gasteiger partial charge in [-0.2, -0.15) is 0 Å². The molecule has 2 aromatic rings. The fraction of sp³-hybridized carbons (Fsp3) is 0.412. The molecule has 2 rings (SSSR count). The van der Waals surface area contributed by atoms with Gasteiger partial charge < -0.3 is 9.73 Å². The molecule has 0 aliphatic rings. The number of furan rings is 1. The predicted octanol–water partition coefficient (Wildman–Crippen LogP) is 4.18. The molecule has 0 aliphatic carbocycles. The largest absolute Gasteiger partial charge is 0.469 e. The highest BCUT2D eigenvalue weighted by atomic mass is 19.1. The first-order valence-corrected chi connectivity index (χ1v) is 7.20. The second-order valence-electron chi connectivity index (χ2n) is 5.04. The van der Waals surface area contributed by atoms with Gasteiger partial charge >= 0.3 is 0 Å². The Kier molecular flexibility index (Phi) is 4.96. The molecule has 0 bridgehead atoms. The van der Waals surface area contributed by atoms with Gasteiger partial charge in [0, 0.05) is 18.0 Å². The van der Waals surface area contributed by atoms with Crippen LogP contribution in [0.25, 0.3) is 0 Å². The molecule has 0 saturated carbocycles. The zero-order valence-electron chi connectivity index (χ0n) is 12.4. The van der Waals surface area contributed by atoms with Crippen molar-refractivity contribution in [3.8, 4) is 0 Å². The van der Waals surface area contributed by atoms with Crippen molar-refractivity contribution in [1.29, 1.82) is 0 Å². The van der Waals surface area contributed by atoms with E-state index in [1.165, 1.54) is 17.2 Å². The number of likely N-dealkylation sites (N-methyl/N-ethyl adjacent to an activating group) is 1. The van der Waals surface area contributed by atoms with E-state index >= 15 is 0 Å². The number of aryl methyl sites for hydroxylation is 2. The van der Waals surface area contributed by atoms with Gasteiger partial charge in [-0.3, -0.25) is 0 Å². The van der Waals surface area contributed by atoms with Gasteiger partial charge in [-0.1, -0.05) is 19.9 Å². The van der Waals surface area contributed by atoms with E-state index < -0.39 is 0 Å². The monoisotopic (exact) mass is 275 g/mol. The van der Waals surface area contributed by atoms with E-state index in [4.69, 9.17) is 4.42 Å². The Morgan fingerprint density at radius 2 is 2.05 bits per heavy atom. The van der Waals surface area contributed by atoms with E-state index in [1.807, 2.05) is 19.1 Å². The lowest BCUT2D eigenvalue weighted by Crippen LogP contribution is -2.23. The summed E-state index contributed by atoms with van der Waals surface area (Å²) in [5.74, 6) is 0.847. The summed E-state index contributed by atoms with van der Waals surface area (Å²) in [6.45, 7) is 7.03. The molecule has 3 heteroatoms. The van der Waals surface area contributed by atoms with Crippen LogP contribution in [0, 0.1) is 12.7 Å². The van der Waals surface area contributed by atoms with Crippen molar-refractivity contribution in [1.82, 2.24) is 5.32 Å². The van der Waals surface area contributed by atoms with Gasteiger partial charge in [-0.15, -0.1) is 0 Å². The molecule has 0 aliphatic heterocycles. The van der Waals surface area contributed by atoms with Gasteiger partial charge in [0.05, 0.1) is 6.26 Å². The van der Waals surface area contributed by atoms with Crippen molar-refractivity contribution in [2.75, 3.05) is 6.54 Å². The van der Waals surface area contributed by atoms with E-state index in [2.05, 4.69) is 19.2 Å². The van der Waals surface area contributed by atoms with Crippen molar-refractivity contribution < 1.29 is 8.81 Å². The first-order chi connectivity index (χ1) is 9.65. The van der Waals surface area contributed by atoms with Crippen LogP contribution in [0.3, 0.4) is 0 Å². The summed E-state index contributed by atoms with van der Waals surface area (Å²) < 4.78 is 18.7. The Labute approximate surface area is 120 Å². The summed E-state index contributed by atoms with van der Waals surface area (Å²) in [5, 5.41) is 3.50. The molecule has 20 heavy (non-hydrogen) atoms. The molecule has 1 unspecified atom stereocenters. The van der Waals surface area contributed by atoms with E-state index in [-0.39, 0.29) is 11.9 Å². The summed E-state index contributed by atoms with van der Waals surface area (Å²) in [4.78, 5) is 0.